The number of hydrazine groups is 1. The average Bonchev–Trinajstić information content (AvgIpc) is 3.16. The minimum Gasteiger partial charge on any atom is -0.372 e. The first-order valence-corrected chi connectivity index (χ1v) is 12.1. The maximum absolute atomic E-state index is 6.45. The minimum atomic E-state index is 0.160. The zero-order chi connectivity index (χ0) is 20.3. The average molecular weight is 413 g/mol. The molecule has 1 aromatic rings. The monoisotopic (exact) mass is 412 g/mol. The van der Waals surface area contributed by atoms with E-state index in [9.17, 15) is 0 Å². The molecular formula is C23H36N6O. The molecule has 0 radical (unpaired) electrons. The Morgan fingerprint density at radius 1 is 1.10 bits per heavy atom. The second-order valence-electron chi connectivity index (χ2n) is 10.5. The van der Waals surface area contributed by atoms with Crippen LogP contribution in [0.1, 0.15) is 70.5 Å². The normalized spacial score (nSPS) is 40.3. The van der Waals surface area contributed by atoms with Crippen LogP contribution < -0.4 is 15.8 Å². The van der Waals surface area contributed by atoms with Crippen LogP contribution in [0.15, 0.2) is 12.4 Å². The van der Waals surface area contributed by atoms with Crippen LogP contribution >= 0.6 is 0 Å². The van der Waals surface area contributed by atoms with E-state index in [-0.39, 0.29) is 11.6 Å². The van der Waals surface area contributed by atoms with Crippen molar-refractivity contribution in [1.29, 1.82) is 0 Å². The quantitative estimate of drug-likeness (QED) is 0.787. The highest BCUT2D eigenvalue weighted by Gasteiger charge is 2.46. The smallest absolute Gasteiger partial charge is 0.132 e. The summed E-state index contributed by atoms with van der Waals surface area (Å²) in [5.74, 6) is 1.62. The third-order valence-corrected chi connectivity index (χ3v) is 8.49. The van der Waals surface area contributed by atoms with Crippen molar-refractivity contribution in [2.24, 2.45) is 5.92 Å². The Labute approximate surface area is 179 Å². The Kier molecular flexibility index (Phi) is 4.79. The molecule has 2 N–H and O–H groups in total. The first kappa shape index (κ1) is 19.4. The van der Waals surface area contributed by atoms with Crippen LogP contribution in [0, 0.1) is 5.92 Å². The number of aromatic nitrogens is 2. The van der Waals surface area contributed by atoms with Gasteiger partial charge in [0.05, 0.1) is 23.4 Å². The van der Waals surface area contributed by atoms with Crippen LogP contribution in [0.4, 0.5) is 5.82 Å². The van der Waals surface area contributed by atoms with E-state index in [1.807, 2.05) is 0 Å². The first-order valence-electron chi connectivity index (χ1n) is 12.1. The van der Waals surface area contributed by atoms with Gasteiger partial charge in [0.2, 0.25) is 0 Å². The Morgan fingerprint density at radius 3 is 2.87 bits per heavy atom. The molecule has 6 rings (SSSR count). The lowest BCUT2D eigenvalue weighted by molar-refractivity contribution is -0.0500. The fraction of sp³-hybridized carbons (Fsp3) is 0.826. The summed E-state index contributed by atoms with van der Waals surface area (Å²) in [5.41, 5.74) is 8.41. The molecule has 6 unspecified atom stereocenters. The van der Waals surface area contributed by atoms with E-state index in [0.29, 0.717) is 30.1 Å². The summed E-state index contributed by atoms with van der Waals surface area (Å²) in [7, 11) is 0. The molecule has 5 fully saturated rings. The molecule has 4 heterocycles. The van der Waals surface area contributed by atoms with E-state index in [0.717, 1.165) is 37.4 Å². The van der Waals surface area contributed by atoms with Gasteiger partial charge in [0.1, 0.15) is 12.1 Å². The fourth-order valence-corrected chi connectivity index (χ4v) is 6.45. The van der Waals surface area contributed by atoms with Crippen molar-refractivity contribution >= 4 is 5.82 Å². The van der Waals surface area contributed by atoms with E-state index in [4.69, 9.17) is 14.7 Å². The summed E-state index contributed by atoms with van der Waals surface area (Å²) < 4.78 is 6.45. The predicted molar refractivity (Wildman–Crippen MR) is 116 cm³/mol. The minimum absolute atomic E-state index is 0.160. The van der Waals surface area contributed by atoms with Gasteiger partial charge in [-0.3, -0.25) is 10.3 Å². The van der Waals surface area contributed by atoms with Crippen molar-refractivity contribution in [3.63, 3.8) is 0 Å². The lowest BCUT2D eigenvalue weighted by atomic mass is 9.79. The lowest BCUT2D eigenvalue weighted by Crippen LogP contribution is -2.56. The van der Waals surface area contributed by atoms with Crippen molar-refractivity contribution in [2.75, 3.05) is 24.5 Å². The Balaban J connectivity index is 1.19. The van der Waals surface area contributed by atoms with E-state index < -0.39 is 0 Å². The number of rotatable bonds is 4. The maximum Gasteiger partial charge on any atom is 0.132 e. The standard InChI is InChI=1S/C23H36N6O/c1-15-20-4-3-9-28(20)10-11-29(15)21-13-19(24-14-25-21)22-17-12-16(30-23(2)7-8-23)5-6-18(17)26-27-22/h13-18,20,22,26-27H,3-12H2,1-2H3. The van der Waals surface area contributed by atoms with Gasteiger partial charge in [-0.25, -0.2) is 15.4 Å². The zero-order valence-electron chi connectivity index (χ0n) is 18.4. The zero-order valence-corrected chi connectivity index (χ0v) is 18.4. The molecule has 0 amide bonds. The van der Waals surface area contributed by atoms with Crippen LogP contribution in [-0.2, 0) is 4.74 Å². The molecule has 3 aliphatic heterocycles. The van der Waals surface area contributed by atoms with Crippen LogP contribution in [0.2, 0.25) is 0 Å². The van der Waals surface area contributed by atoms with Crippen molar-refractivity contribution in [2.45, 2.75) is 94.7 Å². The highest BCUT2D eigenvalue weighted by molar-refractivity contribution is 5.42. The Hall–Kier alpha value is -1.28. The summed E-state index contributed by atoms with van der Waals surface area (Å²) in [6, 6.07) is 4.18. The summed E-state index contributed by atoms with van der Waals surface area (Å²) >= 11 is 0. The molecule has 0 bridgehead atoms. The van der Waals surface area contributed by atoms with Crippen LogP contribution in [-0.4, -0.2) is 64.3 Å². The predicted octanol–water partition coefficient (Wildman–Crippen LogP) is 2.40. The van der Waals surface area contributed by atoms with Crippen LogP contribution in [0.3, 0.4) is 0 Å². The van der Waals surface area contributed by atoms with Gasteiger partial charge in [-0.05, 0) is 65.3 Å². The summed E-state index contributed by atoms with van der Waals surface area (Å²) in [6.07, 6.45) is 10.7. The summed E-state index contributed by atoms with van der Waals surface area (Å²) in [4.78, 5) is 14.6. The van der Waals surface area contributed by atoms with Gasteiger partial charge in [-0.15, -0.1) is 0 Å². The maximum atomic E-state index is 6.45. The first-order chi connectivity index (χ1) is 14.6. The second-order valence-corrected chi connectivity index (χ2v) is 10.5. The molecule has 164 valence electrons. The third kappa shape index (κ3) is 3.44. The fourth-order valence-electron chi connectivity index (χ4n) is 6.45. The van der Waals surface area contributed by atoms with Gasteiger partial charge >= 0.3 is 0 Å². The molecule has 0 aromatic carbocycles. The largest absolute Gasteiger partial charge is 0.372 e. The van der Waals surface area contributed by atoms with E-state index in [2.05, 4.69) is 40.6 Å². The van der Waals surface area contributed by atoms with Crippen molar-refractivity contribution in [1.82, 2.24) is 25.7 Å². The molecule has 3 saturated heterocycles. The number of nitrogens with zero attached hydrogens (tertiary/aromatic N) is 4. The number of hydrogen-bond donors (Lipinski definition) is 2. The Bertz CT molecular complexity index is 785. The van der Waals surface area contributed by atoms with Crippen LogP contribution in [0.5, 0.6) is 0 Å². The van der Waals surface area contributed by atoms with Gasteiger partial charge in [0.15, 0.2) is 0 Å². The van der Waals surface area contributed by atoms with Gasteiger partial charge in [-0.2, -0.15) is 0 Å². The van der Waals surface area contributed by atoms with E-state index in [1.54, 1.807) is 6.33 Å². The highest BCUT2D eigenvalue weighted by atomic mass is 16.5. The topological polar surface area (TPSA) is 65.5 Å². The van der Waals surface area contributed by atoms with Crippen molar-refractivity contribution in [3.05, 3.63) is 18.1 Å². The molecular weight excluding hydrogens is 376 g/mol. The summed E-state index contributed by atoms with van der Waals surface area (Å²) in [5, 5.41) is 0. The molecule has 30 heavy (non-hydrogen) atoms. The molecule has 0 spiro atoms. The number of hydrogen-bond acceptors (Lipinski definition) is 7. The highest BCUT2D eigenvalue weighted by Crippen LogP contribution is 2.45. The van der Waals surface area contributed by atoms with Gasteiger partial charge in [0, 0.05) is 43.2 Å². The number of anilines is 1. The van der Waals surface area contributed by atoms with Crippen molar-refractivity contribution in [3.8, 4) is 0 Å². The SMILES string of the molecule is CC1C2CCCN2CCN1c1cc(C2NNC3CCC(OC4(C)CC4)CC32)ncn1. The molecule has 6 atom stereocenters. The van der Waals surface area contributed by atoms with Gasteiger partial charge in [-0.1, -0.05) is 0 Å². The number of fused-ring (bicyclic) bond motifs is 2. The molecule has 2 aliphatic carbocycles. The molecule has 5 aliphatic rings. The summed E-state index contributed by atoms with van der Waals surface area (Å²) in [6.45, 7) is 8.12. The third-order valence-electron chi connectivity index (χ3n) is 8.49. The van der Waals surface area contributed by atoms with E-state index in [1.165, 1.54) is 38.6 Å². The lowest BCUT2D eigenvalue weighted by Gasteiger charge is -2.44. The second kappa shape index (κ2) is 7.40. The molecule has 7 nitrogen and oxygen atoms in total. The Morgan fingerprint density at radius 2 is 2.00 bits per heavy atom. The number of ether oxygens (including phenoxy) is 1. The molecule has 7 heteroatoms. The van der Waals surface area contributed by atoms with Crippen LogP contribution in [0.25, 0.3) is 0 Å². The van der Waals surface area contributed by atoms with Crippen molar-refractivity contribution < 1.29 is 4.74 Å². The number of nitrogens with one attached hydrogen (secondary N) is 2. The number of piperazine rings is 1. The molecule has 2 saturated carbocycles. The van der Waals surface area contributed by atoms with E-state index >= 15 is 0 Å². The molecule has 1 aromatic heterocycles. The van der Waals surface area contributed by atoms with Gasteiger partial charge < -0.3 is 9.64 Å². The van der Waals surface area contributed by atoms with Gasteiger partial charge in [0.25, 0.3) is 0 Å².